The molecule has 12 atom stereocenters. The number of imidazole rings is 5. The second kappa shape index (κ2) is 35.6. The van der Waals surface area contributed by atoms with Crippen LogP contribution in [0.3, 0.4) is 0 Å². The number of amides is 2. The monoisotopic (exact) mass is 1680 g/mol. The zero-order chi connectivity index (χ0) is 85.9. The Kier molecular flexibility index (Phi) is 25.1. The van der Waals surface area contributed by atoms with Gasteiger partial charge in [-0.3, -0.25) is 23.5 Å². The van der Waals surface area contributed by atoms with Crippen molar-refractivity contribution in [1.29, 1.82) is 0 Å². The Balaban J connectivity index is 0.000000136. The minimum absolute atomic E-state index is 0.0691. The molecule has 11 aromatic rings. The summed E-state index contributed by atoms with van der Waals surface area (Å²) in [5, 5.41) is 80.7. The molecule has 654 valence electrons. The van der Waals surface area contributed by atoms with E-state index in [9.17, 15) is 40.5 Å². The zero-order valence-electron chi connectivity index (χ0n) is 71.3. The maximum atomic E-state index is 12.4. The van der Waals surface area contributed by atoms with Crippen molar-refractivity contribution in [1.82, 2.24) is 93.5 Å². The summed E-state index contributed by atoms with van der Waals surface area (Å²) in [6.45, 7) is 21.4. The minimum Gasteiger partial charge on any atom is -0.397 e. The third kappa shape index (κ3) is 18.0. The number of nitrogen functional groups attached to an aromatic ring is 3. The van der Waals surface area contributed by atoms with Crippen LogP contribution in [0.1, 0.15) is 186 Å². The lowest BCUT2D eigenvalue weighted by Gasteiger charge is -2.46. The van der Waals surface area contributed by atoms with E-state index in [-0.39, 0.29) is 47.2 Å². The lowest BCUT2D eigenvalue weighted by molar-refractivity contribution is -0.0620. The van der Waals surface area contributed by atoms with Crippen LogP contribution in [0.15, 0.2) is 105 Å². The van der Waals surface area contributed by atoms with Crippen molar-refractivity contribution in [2.24, 2.45) is 17.8 Å². The maximum absolute atomic E-state index is 12.4. The SMILES string of the molecule is CC(C)N(C[C@H]1O[C@@H](n2cnc3c(N)ncnc32)[C@H](O)[C@@H]1O)C1CC(CCc2nc3ccc(C(C)(C)CO)cc3[nH]2)C1.CC(C)N(C[C@H]1O[C@@H](n2cnc3c(N)ncnc32)[C@H](O)[C@@H]1O)C1CC(CCc2nc3ccc(C4CCC4)cc3[nH]2)C1.CN(C[C@H]1O[C@@H](n2cnc3c(N)ccnc32)[C@H](O)[C@@H]1O)C1CC(CNC(=O)Nc2ccc(C(C)(C)C)cc2)C1. The summed E-state index contributed by atoms with van der Waals surface area (Å²) in [5.41, 5.74) is 29.7. The number of aryl methyl sites for hydroxylation is 2. The van der Waals surface area contributed by atoms with Crippen molar-refractivity contribution in [3.63, 3.8) is 0 Å². The van der Waals surface area contributed by atoms with Crippen molar-refractivity contribution in [2.45, 2.75) is 266 Å². The lowest BCUT2D eigenvalue weighted by atomic mass is 9.76. The molecule has 0 bridgehead atoms. The number of rotatable bonds is 26. The third-order valence-electron chi connectivity index (χ3n) is 26.8. The number of anilines is 4. The minimum atomic E-state index is -1.12. The number of nitrogens with two attached hydrogens (primary N) is 3. The van der Waals surface area contributed by atoms with Gasteiger partial charge in [0.05, 0.1) is 53.3 Å². The highest BCUT2D eigenvalue weighted by molar-refractivity contribution is 5.89. The molecule has 0 unspecified atom stereocenters. The lowest BCUT2D eigenvalue weighted by Crippen LogP contribution is -2.52. The van der Waals surface area contributed by atoms with E-state index in [1.807, 2.05) is 57.3 Å². The first kappa shape index (κ1) is 86.0. The van der Waals surface area contributed by atoms with Gasteiger partial charge in [-0.25, -0.2) is 54.6 Å². The Hall–Kier alpha value is -9.53. The number of aliphatic hydroxyl groups is 7. The molecular weight excluding hydrogens is 1560 g/mol. The summed E-state index contributed by atoms with van der Waals surface area (Å²) in [7, 11) is 1.99. The molecule has 2 amide bonds. The second-order valence-corrected chi connectivity index (χ2v) is 37.3. The number of pyridine rings is 1. The van der Waals surface area contributed by atoms with Crippen LogP contribution >= 0.6 is 0 Å². The van der Waals surface area contributed by atoms with Crippen LogP contribution < -0.4 is 27.8 Å². The number of ether oxygens (including phenoxy) is 3. The van der Waals surface area contributed by atoms with Gasteiger partial charge in [-0.2, -0.15) is 0 Å². The average molecular weight is 1680 g/mol. The van der Waals surface area contributed by atoms with Crippen LogP contribution in [-0.2, 0) is 37.9 Å². The number of nitrogens with zero attached hydrogens (tertiary/aromatic N) is 16. The Morgan fingerprint density at radius 3 is 1.48 bits per heavy atom. The van der Waals surface area contributed by atoms with E-state index in [4.69, 9.17) is 41.4 Å². The van der Waals surface area contributed by atoms with Crippen molar-refractivity contribution >= 4 is 84.6 Å². The van der Waals surface area contributed by atoms with E-state index >= 15 is 0 Å². The first-order valence-corrected chi connectivity index (χ1v) is 43.4. The Labute approximate surface area is 708 Å². The molecule has 7 fully saturated rings. The summed E-state index contributed by atoms with van der Waals surface area (Å²) in [6.07, 6.45) is 12.5. The molecule has 0 spiro atoms. The molecule has 18 rings (SSSR count). The molecule has 3 aliphatic heterocycles. The smallest absolute Gasteiger partial charge is 0.319 e. The Morgan fingerprint density at radius 1 is 0.549 bits per heavy atom. The number of hydrogen-bond donors (Lipinski definition) is 14. The highest BCUT2D eigenvalue weighted by Crippen LogP contribution is 2.44. The van der Waals surface area contributed by atoms with Gasteiger partial charge in [-0.05, 0) is 187 Å². The fourth-order valence-electron chi connectivity index (χ4n) is 18.7. The van der Waals surface area contributed by atoms with E-state index in [1.165, 1.54) is 62.0 Å². The molecule has 34 nitrogen and oxygen atoms in total. The number of hydrogen-bond acceptors (Lipinski definition) is 27. The van der Waals surface area contributed by atoms with Crippen LogP contribution in [0, 0.1) is 17.8 Å². The largest absolute Gasteiger partial charge is 0.397 e. The topological polar surface area (TPSA) is 473 Å². The van der Waals surface area contributed by atoms with Gasteiger partial charge in [0, 0.05) is 86.5 Å². The molecule has 4 aliphatic carbocycles. The Morgan fingerprint density at radius 2 is 1.01 bits per heavy atom. The van der Waals surface area contributed by atoms with Crippen LogP contribution in [0.2, 0.25) is 0 Å². The standard InChI is InChI=1S/C30H42N8O4.C30H40N8O3.C28H39N7O4/c1-16(2)37(12-22-25(40)26(41)29(42-22)38-15-34-24-27(31)32-14-33-28(24)38)19-9-17(10-19)5-8-23-35-20-7-6-18(11-21(20)36-23)30(3,4)13-39;1-16(2)37(13-23-26(39)27(40)30(41-23)38-15-34-25-28(31)32-14-33-29(25)38)20-10-17(11-20)6-9-24-35-21-8-7-19(12-22(21)36-24)18-4-3-5-18;1-28(2,3)17-5-7-18(8-6-17)33-27(38)31-13-16-11-19(12-16)34(4)14-21-23(36)24(37)26(39-21)35-15-32-22-20(29)9-10-30-25(22)35/h6-7,11,14-17,19,22,25-26,29,39-41H,5,8-10,12-13H2,1-4H3,(H,35,36)(H2,31,32,33);7-8,12,14-18,20,23,26-27,30,39-40H,3-6,9-11,13H2,1-2H3,(H,35,36)(H2,31,32,33);5-10,15-16,19,21,23-24,26,36-37H,11-14H2,1-4H3,(H2,29,30)(H2,31,33,38)/t17?,19?,22-,25-,26-,29-;17?,20?,23-,26-,27-,30-;16?,19?,21-,23-,24-,26-/m111/s1. The fraction of sp³-hybridized carbons (Fsp3) is 0.580. The van der Waals surface area contributed by atoms with Crippen LogP contribution in [-0.4, -0.2) is 255 Å². The number of benzene rings is 3. The molecule has 3 aromatic carbocycles. The molecule has 11 heterocycles. The second-order valence-electron chi connectivity index (χ2n) is 37.3. The molecule has 34 heteroatoms. The highest BCUT2D eigenvalue weighted by atomic mass is 16.6. The van der Waals surface area contributed by atoms with Gasteiger partial charge in [0.1, 0.15) is 95.8 Å². The van der Waals surface area contributed by atoms with Crippen molar-refractivity contribution in [3.05, 3.63) is 133 Å². The first-order valence-electron chi connectivity index (χ1n) is 43.4. The van der Waals surface area contributed by atoms with E-state index in [1.54, 1.807) is 26.0 Å². The predicted octanol–water partition coefficient (Wildman–Crippen LogP) is 8.05. The van der Waals surface area contributed by atoms with Crippen LogP contribution in [0.4, 0.5) is 27.8 Å². The number of carbonyl (C=O) groups excluding carboxylic acids is 1. The zero-order valence-corrected chi connectivity index (χ0v) is 71.3. The summed E-state index contributed by atoms with van der Waals surface area (Å²) < 4.78 is 23.4. The van der Waals surface area contributed by atoms with Crippen molar-refractivity contribution < 1.29 is 54.8 Å². The average Bonchev–Trinajstić information content (AvgIpc) is 1.62. The van der Waals surface area contributed by atoms with E-state index < -0.39 is 73.6 Å². The fourth-order valence-corrected chi connectivity index (χ4v) is 18.7. The number of carbonyl (C=O) groups is 1. The number of fused-ring (bicyclic) bond motifs is 5. The quantitative estimate of drug-likeness (QED) is 0.0244. The highest BCUT2D eigenvalue weighted by Gasteiger charge is 2.50. The number of urea groups is 1. The summed E-state index contributed by atoms with van der Waals surface area (Å²) in [6, 6.07) is 24.0. The molecular formula is C88H121N23O11. The number of aromatic nitrogens is 15. The first-order chi connectivity index (χ1) is 58.4. The molecule has 3 saturated heterocycles. The van der Waals surface area contributed by atoms with Gasteiger partial charge >= 0.3 is 6.03 Å². The van der Waals surface area contributed by atoms with Crippen molar-refractivity contribution in [3.8, 4) is 0 Å². The Bertz CT molecular complexity index is 5410. The predicted molar refractivity (Wildman–Crippen MR) is 463 cm³/mol. The van der Waals surface area contributed by atoms with Crippen LogP contribution in [0.5, 0.6) is 0 Å². The van der Waals surface area contributed by atoms with E-state index in [2.05, 4.69) is 148 Å². The third-order valence-corrected chi connectivity index (χ3v) is 26.8. The van der Waals surface area contributed by atoms with E-state index in [0.29, 0.717) is 101 Å². The maximum Gasteiger partial charge on any atom is 0.319 e. The molecule has 0 radical (unpaired) electrons. The molecule has 4 saturated carbocycles. The van der Waals surface area contributed by atoms with Gasteiger partial charge in [0.2, 0.25) is 0 Å². The normalized spacial score (nSPS) is 27.4. The number of H-pyrrole nitrogens is 2. The van der Waals surface area contributed by atoms with E-state index in [0.717, 1.165) is 115 Å². The molecule has 122 heavy (non-hydrogen) atoms. The van der Waals surface area contributed by atoms with Gasteiger partial charge in [-0.15, -0.1) is 0 Å². The summed E-state index contributed by atoms with van der Waals surface area (Å²) >= 11 is 0. The number of aromatic amines is 2. The number of aliphatic hydroxyl groups excluding tert-OH is 7. The summed E-state index contributed by atoms with van der Waals surface area (Å²) in [4.78, 5) is 69.7. The number of nitrogens with one attached hydrogen (secondary N) is 4. The van der Waals surface area contributed by atoms with Gasteiger partial charge in [0.15, 0.2) is 47.3 Å². The van der Waals surface area contributed by atoms with Crippen LogP contribution in [0.25, 0.3) is 55.6 Å². The van der Waals surface area contributed by atoms with Gasteiger partial charge < -0.3 is 92.7 Å². The van der Waals surface area contributed by atoms with Gasteiger partial charge in [0.25, 0.3) is 0 Å². The van der Waals surface area contributed by atoms with Crippen molar-refractivity contribution in [2.75, 3.05) is 62.4 Å². The molecule has 8 aromatic heterocycles. The molecule has 17 N–H and O–H groups in total. The molecule has 7 aliphatic rings. The number of likely N-dealkylation sites (N-methyl/N-ethyl adjacent to an activating group) is 1. The summed E-state index contributed by atoms with van der Waals surface area (Å²) in [5.74, 6) is 4.96. The van der Waals surface area contributed by atoms with Gasteiger partial charge in [-0.1, -0.05) is 65.3 Å².